The van der Waals surface area contributed by atoms with Crippen LogP contribution in [0.3, 0.4) is 0 Å². The number of hydrogen-bond donors (Lipinski definition) is 1. The van der Waals surface area contributed by atoms with Crippen molar-refractivity contribution in [3.8, 4) is 0 Å². The third kappa shape index (κ3) is 5.07. The average molecular weight is 531 g/mol. The summed E-state index contributed by atoms with van der Waals surface area (Å²) in [5.41, 5.74) is -0.501. The second kappa shape index (κ2) is 11.8. The number of carbonyl (C=O) groups excluding carboxylic acids is 3. The lowest BCUT2D eigenvalue weighted by atomic mass is 9.70. The summed E-state index contributed by atoms with van der Waals surface area (Å²) in [7, 11) is 0. The smallest absolute Gasteiger partial charge is 0.312 e. The van der Waals surface area contributed by atoms with Gasteiger partial charge in [-0.25, -0.2) is 0 Å². The van der Waals surface area contributed by atoms with Crippen LogP contribution in [-0.2, 0) is 23.9 Å². The van der Waals surface area contributed by atoms with Crippen molar-refractivity contribution in [2.45, 2.75) is 56.3 Å². The predicted octanol–water partition coefficient (Wildman–Crippen LogP) is 3.52. The minimum absolute atomic E-state index is 0.129. The molecule has 3 saturated heterocycles. The fourth-order valence-electron chi connectivity index (χ4n) is 6.06. The van der Waals surface area contributed by atoms with Gasteiger partial charge in [-0.15, -0.1) is 13.2 Å². The van der Waals surface area contributed by atoms with Crippen molar-refractivity contribution in [3.05, 3.63) is 54.6 Å². The first kappa shape index (κ1) is 27.4. The number of halogens is 1. The Balaban J connectivity index is 1.64. The van der Waals surface area contributed by atoms with Gasteiger partial charge in [-0.05, 0) is 62.8 Å². The molecule has 3 heterocycles. The molecule has 0 aromatic heterocycles. The number of unbranched alkanes of at least 4 members (excludes halogenated alkanes) is 2. The van der Waals surface area contributed by atoms with Crippen LogP contribution in [0.15, 0.2) is 49.6 Å². The van der Waals surface area contributed by atoms with Crippen LogP contribution in [0.4, 0.5) is 5.69 Å². The first-order valence-electron chi connectivity index (χ1n) is 12.9. The van der Waals surface area contributed by atoms with E-state index < -0.39 is 35.6 Å². The molecule has 1 spiro atoms. The molecule has 1 aromatic carbocycles. The van der Waals surface area contributed by atoms with Gasteiger partial charge < -0.3 is 24.4 Å². The van der Waals surface area contributed by atoms with Gasteiger partial charge in [-0.1, -0.05) is 23.8 Å². The summed E-state index contributed by atoms with van der Waals surface area (Å²) in [6, 6.07) is 5.95. The molecule has 2 amide bonds. The fraction of sp³-hybridized carbons (Fsp3) is 0.536. The second-order valence-corrected chi connectivity index (χ2v) is 10.3. The van der Waals surface area contributed by atoms with Crippen LogP contribution in [0.2, 0.25) is 5.02 Å². The molecule has 0 saturated carbocycles. The molecule has 3 aliphatic heterocycles. The predicted molar refractivity (Wildman–Crippen MR) is 140 cm³/mol. The van der Waals surface area contributed by atoms with Crippen LogP contribution in [-0.4, -0.2) is 71.8 Å². The highest BCUT2D eigenvalue weighted by molar-refractivity contribution is 6.30. The Hall–Kier alpha value is -2.68. The van der Waals surface area contributed by atoms with Gasteiger partial charge >= 0.3 is 5.97 Å². The number of aliphatic hydroxyl groups is 1. The van der Waals surface area contributed by atoms with E-state index in [4.69, 9.17) is 21.1 Å². The number of ether oxygens (including phenoxy) is 2. The van der Waals surface area contributed by atoms with E-state index in [-0.39, 0.29) is 38.1 Å². The minimum Gasteiger partial charge on any atom is -0.465 e. The van der Waals surface area contributed by atoms with Crippen molar-refractivity contribution in [3.63, 3.8) is 0 Å². The zero-order valence-corrected chi connectivity index (χ0v) is 21.8. The largest absolute Gasteiger partial charge is 0.465 e. The SMILES string of the molecule is C=CCCCCOC(=O)[C@@H]1[C@H]2C(=O)N(CCCO)C(C(=O)N(CC=C)c3ccc(Cl)cc3)C23CC[C@H]1O3. The van der Waals surface area contributed by atoms with Crippen LogP contribution in [0, 0.1) is 11.8 Å². The number of rotatable bonds is 13. The molecule has 2 unspecified atom stereocenters. The molecule has 200 valence electrons. The first-order chi connectivity index (χ1) is 17.9. The Labute approximate surface area is 222 Å². The maximum atomic E-state index is 14.2. The summed E-state index contributed by atoms with van der Waals surface area (Å²) in [5.74, 6) is -2.60. The molecule has 0 aliphatic carbocycles. The van der Waals surface area contributed by atoms with Gasteiger partial charge in [0.05, 0.1) is 24.5 Å². The highest BCUT2D eigenvalue weighted by Gasteiger charge is 2.75. The number of benzene rings is 1. The number of anilines is 1. The lowest BCUT2D eigenvalue weighted by Crippen LogP contribution is -2.56. The highest BCUT2D eigenvalue weighted by Crippen LogP contribution is 2.59. The van der Waals surface area contributed by atoms with Crippen LogP contribution >= 0.6 is 11.6 Å². The number of nitrogens with zero attached hydrogens (tertiary/aromatic N) is 2. The van der Waals surface area contributed by atoms with Crippen molar-refractivity contribution >= 4 is 35.1 Å². The van der Waals surface area contributed by atoms with E-state index in [1.54, 1.807) is 35.2 Å². The van der Waals surface area contributed by atoms with E-state index in [1.165, 1.54) is 4.90 Å². The van der Waals surface area contributed by atoms with E-state index >= 15 is 0 Å². The Morgan fingerprint density at radius 2 is 1.97 bits per heavy atom. The molecule has 8 nitrogen and oxygen atoms in total. The van der Waals surface area contributed by atoms with Crippen molar-refractivity contribution in [1.29, 1.82) is 0 Å². The molecule has 5 atom stereocenters. The molecular weight excluding hydrogens is 496 g/mol. The third-order valence-corrected chi connectivity index (χ3v) is 7.88. The summed E-state index contributed by atoms with van der Waals surface area (Å²) >= 11 is 6.06. The molecule has 3 aliphatic rings. The molecule has 9 heteroatoms. The van der Waals surface area contributed by atoms with E-state index in [9.17, 15) is 19.5 Å². The number of fused-ring (bicyclic) bond motifs is 1. The normalized spacial score (nSPS) is 27.7. The van der Waals surface area contributed by atoms with Crippen LogP contribution in [0.1, 0.15) is 38.5 Å². The summed E-state index contributed by atoms with van der Waals surface area (Å²) in [6.45, 7) is 8.04. The molecular formula is C28H35ClN2O6. The summed E-state index contributed by atoms with van der Waals surface area (Å²) in [5, 5.41) is 10.0. The number of esters is 1. The number of aliphatic hydroxyl groups excluding tert-OH is 1. The van der Waals surface area contributed by atoms with Gasteiger partial charge in [0.15, 0.2) is 0 Å². The van der Waals surface area contributed by atoms with E-state index in [0.29, 0.717) is 36.4 Å². The third-order valence-electron chi connectivity index (χ3n) is 7.63. The van der Waals surface area contributed by atoms with Crippen LogP contribution in [0.5, 0.6) is 0 Å². The standard InChI is InChI=1S/C28H35ClN2O6/c1-3-5-6-7-18-36-27(35)22-21-13-14-28(37-21)23(22)25(33)31(16-8-17-32)24(28)26(34)30(15-4-2)20-11-9-19(29)10-12-20/h3-4,9-12,21-24,32H,1-2,5-8,13-18H2/t21-,22+,23+,24?,28?/m1/s1. The zero-order valence-electron chi connectivity index (χ0n) is 21.0. The lowest BCUT2D eigenvalue weighted by molar-refractivity contribution is -0.155. The molecule has 2 bridgehead atoms. The Bertz CT molecular complexity index is 1030. The second-order valence-electron chi connectivity index (χ2n) is 9.83. The number of allylic oxidation sites excluding steroid dienone is 1. The monoisotopic (exact) mass is 530 g/mol. The van der Waals surface area contributed by atoms with Gasteiger partial charge in [-0.3, -0.25) is 14.4 Å². The van der Waals surface area contributed by atoms with E-state index in [1.807, 2.05) is 6.08 Å². The topological polar surface area (TPSA) is 96.4 Å². The molecule has 4 rings (SSSR count). The molecule has 1 N–H and O–H groups in total. The summed E-state index contributed by atoms with van der Waals surface area (Å²) in [6.07, 6.45) is 6.77. The van der Waals surface area contributed by atoms with Crippen molar-refractivity contribution < 1.29 is 29.0 Å². The van der Waals surface area contributed by atoms with Crippen molar-refractivity contribution in [2.75, 3.05) is 31.2 Å². The van der Waals surface area contributed by atoms with Gasteiger partial charge in [0.1, 0.15) is 11.6 Å². The number of amides is 2. The summed E-state index contributed by atoms with van der Waals surface area (Å²) in [4.78, 5) is 44.3. The van der Waals surface area contributed by atoms with Gasteiger partial charge in [-0.2, -0.15) is 0 Å². The van der Waals surface area contributed by atoms with Crippen molar-refractivity contribution in [2.24, 2.45) is 11.8 Å². The van der Waals surface area contributed by atoms with Crippen LogP contribution in [0.25, 0.3) is 0 Å². The van der Waals surface area contributed by atoms with Gasteiger partial charge in [0, 0.05) is 30.4 Å². The molecule has 0 radical (unpaired) electrons. The Kier molecular flexibility index (Phi) is 8.72. The Morgan fingerprint density at radius 3 is 2.65 bits per heavy atom. The maximum absolute atomic E-state index is 14.2. The van der Waals surface area contributed by atoms with Crippen LogP contribution < -0.4 is 4.90 Å². The number of carbonyl (C=O) groups is 3. The zero-order chi connectivity index (χ0) is 26.6. The average Bonchev–Trinajstić information content (AvgIpc) is 3.53. The van der Waals surface area contributed by atoms with E-state index in [0.717, 1.165) is 12.8 Å². The lowest BCUT2D eigenvalue weighted by Gasteiger charge is -2.36. The maximum Gasteiger partial charge on any atom is 0.312 e. The first-order valence-corrected chi connectivity index (χ1v) is 13.3. The number of hydrogen-bond acceptors (Lipinski definition) is 6. The molecule has 1 aromatic rings. The van der Waals surface area contributed by atoms with Crippen molar-refractivity contribution in [1.82, 2.24) is 4.90 Å². The van der Waals surface area contributed by atoms with Gasteiger partial charge in [0.25, 0.3) is 5.91 Å². The molecule has 37 heavy (non-hydrogen) atoms. The van der Waals surface area contributed by atoms with E-state index in [2.05, 4.69) is 13.2 Å². The highest BCUT2D eigenvalue weighted by atomic mass is 35.5. The fourth-order valence-corrected chi connectivity index (χ4v) is 6.19. The summed E-state index contributed by atoms with van der Waals surface area (Å²) < 4.78 is 12.0. The Morgan fingerprint density at radius 1 is 1.22 bits per heavy atom. The quantitative estimate of drug-likeness (QED) is 0.238. The number of likely N-dealkylation sites (tertiary alicyclic amines) is 1. The molecule has 3 fully saturated rings. The minimum atomic E-state index is -1.12. The van der Waals surface area contributed by atoms with Gasteiger partial charge in [0.2, 0.25) is 5.91 Å².